The summed E-state index contributed by atoms with van der Waals surface area (Å²) < 4.78 is 9.68. The largest absolute Gasteiger partial charge is 0.457 e. The molecule has 272 valence electrons. The van der Waals surface area contributed by atoms with E-state index in [9.17, 15) is 0 Å². The van der Waals surface area contributed by atoms with Gasteiger partial charge in [-0.2, -0.15) is 0 Å². The maximum Gasteiger partial charge on any atom is 0.188 e. The van der Waals surface area contributed by atoms with Crippen molar-refractivity contribution in [3.63, 3.8) is 0 Å². The molecule has 2 heterocycles. The molecule has 0 spiro atoms. The second-order valence-corrected chi connectivity index (χ2v) is 19.3. The Kier molecular flexibility index (Phi) is 7.20. The molecule has 2 nitrogen and oxygen atoms in total. The first kappa shape index (κ1) is 33.0. The number of nitrogens with zero attached hydrogens (tertiary/aromatic N) is 1. The van der Waals surface area contributed by atoms with E-state index in [0.717, 1.165) is 33.6 Å². The molecule has 0 atom stereocenters. The molecule has 2 aliphatic rings. The molecule has 0 fully saturated rings. The normalized spacial score (nSPS) is 14.3. The lowest BCUT2D eigenvalue weighted by Crippen LogP contribution is -2.76. The molecule has 1 aliphatic carbocycles. The highest BCUT2D eigenvalue weighted by Crippen LogP contribution is 2.56. The minimum Gasteiger partial charge on any atom is -0.457 e. The van der Waals surface area contributed by atoms with Crippen LogP contribution >= 0.6 is 0 Å². The fraction of sp³-hybridized carbons (Fsp3) is 0.0182. The predicted octanol–water partition coefficient (Wildman–Crippen LogP) is 10.6. The van der Waals surface area contributed by atoms with Crippen molar-refractivity contribution in [2.24, 2.45) is 0 Å². The van der Waals surface area contributed by atoms with Crippen molar-refractivity contribution in [3.8, 4) is 28.3 Å². The fourth-order valence-corrected chi connectivity index (χ4v) is 15.5. The predicted molar refractivity (Wildman–Crippen MR) is 242 cm³/mol. The Bertz CT molecular complexity index is 3120. The summed E-state index contributed by atoms with van der Waals surface area (Å²) in [4.78, 5) is 0. The Hall–Kier alpha value is -7.20. The standard InChI is InChI=1S/C55H37NOSi/c1-4-19-38(20-5-1)55(46-30-13-10-27-43(46)44-28-11-14-31-47(44)55)39-21-18-22-40(37-39)56-48-32-15-12-29-45(48)53-49(56)35-36-52-54(53)57-50-33-16-17-34-51(50)58(52,41-23-6-2-7-24-41)42-25-8-3-9-26-42/h1-37H. The molecule has 0 radical (unpaired) electrons. The highest BCUT2D eigenvalue weighted by Gasteiger charge is 2.49. The lowest BCUT2D eigenvalue weighted by atomic mass is 9.67. The molecule has 9 aromatic carbocycles. The van der Waals surface area contributed by atoms with Crippen LogP contribution in [0.25, 0.3) is 38.6 Å². The van der Waals surface area contributed by atoms with Gasteiger partial charge in [-0.15, -0.1) is 0 Å². The number of benzene rings is 9. The summed E-state index contributed by atoms with van der Waals surface area (Å²) >= 11 is 0. The lowest BCUT2D eigenvalue weighted by molar-refractivity contribution is 0.493. The number of ether oxygens (including phenoxy) is 1. The first-order valence-electron chi connectivity index (χ1n) is 20.1. The third-order valence-electron chi connectivity index (χ3n) is 12.8. The Balaban J connectivity index is 1.16. The van der Waals surface area contributed by atoms with Gasteiger partial charge in [-0.25, -0.2) is 0 Å². The Labute approximate surface area is 338 Å². The Morgan fingerprint density at radius 1 is 0.414 bits per heavy atom. The molecule has 0 amide bonds. The molecular formula is C55H37NOSi. The third-order valence-corrected chi connectivity index (χ3v) is 17.6. The number of hydrogen-bond acceptors (Lipinski definition) is 1. The summed E-state index contributed by atoms with van der Waals surface area (Å²) in [6.07, 6.45) is 0. The number of fused-ring (bicyclic) bond motifs is 9. The van der Waals surface area contributed by atoms with E-state index in [1.165, 1.54) is 59.5 Å². The molecule has 12 rings (SSSR count). The summed E-state index contributed by atoms with van der Waals surface area (Å²) in [6.45, 7) is 0. The van der Waals surface area contributed by atoms with Crippen LogP contribution in [0.2, 0.25) is 0 Å². The van der Waals surface area contributed by atoms with Gasteiger partial charge in [0.25, 0.3) is 0 Å². The molecule has 0 saturated heterocycles. The van der Waals surface area contributed by atoms with Crippen LogP contribution in [0.15, 0.2) is 224 Å². The monoisotopic (exact) mass is 755 g/mol. The van der Waals surface area contributed by atoms with Crippen molar-refractivity contribution < 1.29 is 4.74 Å². The van der Waals surface area contributed by atoms with Crippen LogP contribution in [0.1, 0.15) is 22.3 Å². The van der Waals surface area contributed by atoms with Gasteiger partial charge in [0.05, 0.1) is 21.8 Å². The summed E-state index contributed by atoms with van der Waals surface area (Å²) in [7, 11) is -2.83. The fourth-order valence-electron chi connectivity index (χ4n) is 10.6. The van der Waals surface area contributed by atoms with Crippen molar-refractivity contribution in [2.45, 2.75) is 5.41 Å². The molecule has 10 aromatic rings. The van der Waals surface area contributed by atoms with Gasteiger partial charge in [0.15, 0.2) is 8.07 Å². The average molecular weight is 756 g/mol. The van der Waals surface area contributed by atoms with Gasteiger partial charge >= 0.3 is 0 Å². The lowest BCUT2D eigenvalue weighted by Gasteiger charge is -2.39. The first-order valence-corrected chi connectivity index (χ1v) is 22.1. The topological polar surface area (TPSA) is 14.2 Å². The summed E-state index contributed by atoms with van der Waals surface area (Å²) in [5.74, 6) is 1.89. The zero-order valence-electron chi connectivity index (χ0n) is 31.7. The van der Waals surface area contributed by atoms with Crippen LogP contribution in [0.3, 0.4) is 0 Å². The van der Waals surface area contributed by atoms with E-state index in [1.54, 1.807) is 0 Å². The van der Waals surface area contributed by atoms with Gasteiger partial charge in [0.1, 0.15) is 11.5 Å². The van der Waals surface area contributed by atoms with Gasteiger partial charge in [0.2, 0.25) is 0 Å². The van der Waals surface area contributed by atoms with Crippen LogP contribution in [-0.4, -0.2) is 12.6 Å². The zero-order valence-corrected chi connectivity index (χ0v) is 32.7. The van der Waals surface area contributed by atoms with E-state index in [1.807, 2.05) is 0 Å². The van der Waals surface area contributed by atoms with Gasteiger partial charge in [-0.1, -0.05) is 194 Å². The van der Waals surface area contributed by atoms with E-state index in [0.29, 0.717) is 0 Å². The molecule has 1 aliphatic heterocycles. The summed E-state index contributed by atoms with van der Waals surface area (Å²) in [5, 5.41) is 7.56. The summed E-state index contributed by atoms with van der Waals surface area (Å²) in [6, 6.07) is 82.9. The molecular weight excluding hydrogens is 719 g/mol. The highest BCUT2D eigenvalue weighted by atomic mass is 28.3. The Morgan fingerprint density at radius 2 is 0.983 bits per heavy atom. The van der Waals surface area contributed by atoms with Crippen LogP contribution in [0, 0.1) is 0 Å². The molecule has 0 N–H and O–H groups in total. The number of para-hydroxylation sites is 2. The zero-order chi connectivity index (χ0) is 38.3. The van der Waals surface area contributed by atoms with Gasteiger partial charge < -0.3 is 9.30 Å². The molecule has 58 heavy (non-hydrogen) atoms. The highest BCUT2D eigenvalue weighted by molar-refractivity contribution is 7.21. The maximum atomic E-state index is 7.22. The third kappa shape index (κ3) is 4.37. The summed E-state index contributed by atoms with van der Waals surface area (Å²) in [5.41, 5.74) is 10.6. The van der Waals surface area contributed by atoms with Gasteiger partial charge in [-0.3, -0.25) is 0 Å². The second-order valence-electron chi connectivity index (χ2n) is 15.5. The molecule has 3 heteroatoms. The van der Waals surface area contributed by atoms with Crippen LogP contribution in [-0.2, 0) is 5.41 Å². The van der Waals surface area contributed by atoms with E-state index in [-0.39, 0.29) is 0 Å². The van der Waals surface area contributed by atoms with E-state index in [2.05, 4.69) is 229 Å². The van der Waals surface area contributed by atoms with E-state index < -0.39 is 13.5 Å². The van der Waals surface area contributed by atoms with Crippen molar-refractivity contribution in [3.05, 3.63) is 247 Å². The minimum atomic E-state index is -2.83. The van der Waals surface area contributed by atoms with Crippen molar-refractivity contribution >= 4 is 50.6 Å². The quantitative estimate of drug-likeness (QED) is 0.160. The smallest absolute Gasteiger partial charge is 0.188 e. The molecule has 0 bridgehead atoms. The molecule has 1 aromatic heterocycles. The van der Waals surface area contributed by atoms with Crippen LogP contribution < -0.4 is 25.5 Å². The van der Waals surface area contributed by atoms with E-state index >= 15 is 0 Å². The van der Waals surface area contributed by atoms with Crippen molar-refractivity contribution in [2.75, 3.05) is 0 Å². The van der Waals surface area contributed by atoms with Crippen molar-refractivity contribution in [1.29, 1.82) is 0 Å². The second kappa shape index (κ2) is 12.7. The number of aromatic nitrogens is 1. The number of hydrogen-bond donors (Lipinski definition) is 0. The maximum absolute atomic E-state index is 7.22. The van der Waals surface area contributed by atoms with Crippen molar-refractivity contribution in [1.82, 2.24) is 4.57 Å². The SMILES string of the molecule is c1ccc(C2(c3cccc(-n4c5ccccc5c5c6c(ccc54)[Si](c4ccccc4)(c4ccccc4)c4ccccc4O6)c3)c3ccccc3-c3ccccc32)cc1. The van der Waals surface area contributed by atoms with Crippen LogP contribution in [0.4, 0.5) is 0 Å². The Morgan fingerprint density at radius 3 is 1.69 bits per heavy atom. The van der Waals surface area contributed by atoms with Gasteiger partial charge in [-0.05, 0) is 84.5 Å². The van der Waals surface area contributed by atoms with Gasteiger partial charge in [0, 0.05) is 11.1 Å². The van der Waals surface area contributed by atoms with Crippen LogP contribution in [0.5, 0.6) is 11.5 Å². The average Bonchev–Trinajstić information content (AvgIpc) is 3.81. The first-order chi connectivity index (χ1) is 28.8. The molecule has 0 saturated carbocycles. The number of rotatable bonds is 5. The molecule has 0 unspecified atom stereocenters. The minimum absolute atomic E-state index is 0.494. The van der Waals surface area contributed by atoms with E-state index in [4.69, 9.17) is 4.74 Å².